The number of rotatable bonds is 3. The topological polar surface area (TPSA) is 35.6 Å². The van der Waals surface area contributed by atoms with E-state index in [9.17, 15) is 9.18 Å². The van der Waals surface area contributed by atoms with Crippen molar-refractivity contribution < 1.29 is 9.18 Å². The molecule has 1 aromatic rings. The van der Waals surface area contributed by atoms with Gasteiger partial charge in [0.15, 0.2) is 0 Å². The first-order chi connectivity index (χ1) is 10.0. The van der Waals surface area contributed by atoms with Crippen molar-refractivity contribution in [2.75, 3.05) is 6.54 Å². The van der Waals surface area contributed by atoms with Crippen molar-refractivity contribution in [1.29, 1.82) is 0 Å². The third kappa shape index (κ3) is 2.69. The Morgan fingerprint density at radius 2 is 2.10 bits per heavy atom. The molecule has 0 spiro atoms. The second-order valence-corrected chi connectivity index (χ2v) is 5.61. The SMILES string of the molecule is C=C(C)CN1C=CN2NC(c3ccc(F)cc3)CC2C1=O. The smallest absolute Gasteiger partial charge is 0.251 e. The molecule has 2 unspecified atom stereocenters. The number of benzene rings is 1. The molecule has 0 aliphatic carbocycles. The second-order valence-electron chi connectivity index (χ2n) is 5.61. The van der Waals surface area contributed by atoms with E-state index < -0.39 is 0 Å². The highest BCUT2D eigenvalue weighted by atomic mass is 19.1. The van der Waals surface area contributed by atoms with Crippen LogP contribution in [0, 0.1) is 5.82 Å². The molecule has 1 amide bonds. The lowest BCUT2D eigenvalue weighted by Crippen LogP contribution is -2.48. The Bertz CT molecular complexity index is 596. The van der Waals surface area contributed by atoms with Crippen LogP contribution in [-0.2, 0) is 4.79 Å². The quantitative estimate of drug-likeness (QED) is 0.867. The van der Waals surface area contributed by atoms with Crippen LogP contribution in [0.1, 0.15) is 24.9 Å². The van der Waals surface area contributed by atoms with E-state index in [0.29, 0.717) is 13.0 Å². The number of nitrogens with one attached hydrogen (secondary N) is 1. The number of hydrazine groups is 1. The summed E-state index contributed by atoms with van der Waals surface area (Å²) in [5.74, 6) is -0.185. The van der Waals surface area contributed by atoms with E-state index in [1.165, 1.54) is 12.1 Å². The second kappa shape index (κ2) is 5.33. The highest BCUT2D eigenvalue weighted by Gasteiger charge is 2.39. The Morgan fingerprint density at radius 1 is 1.38 bits per heavy atom. The molecule has 110 valence electrons. The fourth-order valence-corrected chi connectivity index (χ4v) is 2.77. The van der Waals surface area contributed by atoms with Crippen molar-refractivity contribution in [3.8, 4) is 0 Å². The van der Waals surface area contributed by atoms with Gasteiger partial charge in [0, 0.05) is 18.9 Å². The van der Waals surface area contributed by atoms with Crippen molar-refractivity contribution in [1.82, 2.24) is 15.3 Å². The number of fused-ring (bicyclic) bond motifs is 1. The monoisotopic (exact) mass is 287 g/mol. The number of hydrogen-bond donors (Lipinski definition) is 1. The van der Waals surface area contributed by atoms with Crippen molar-refractivity contribution in [3.63, 3.8) is 0 Å². The summed E-state index contributed by atoms with van der Waals surface area (Å²) in [6.07, 6.45) is 4.31. The van der Waals surface area contributed by atoms with Crippen LogP contribution < -0.4 is 5.43 Å². The number of halogens is 1. The summed E-state index contributed by atoms with van der Waals surface area (Å²) in [5, 5.41) is 1.84. The first kappa shape index (κ1) is 13.8. The van der Waals surface area contributed by atoms with Crippen molar-refractivity contribution >= 4 is 5.91 Å². The van der Waals surface area contributed by atoms with Gasteiger partial charge in [-0.2, -0.15) is 0 Å². The molecular formula is C16H18FN3O. The summed E-state index contributed by atoms with van der Waals surface area (Å²) in [6.45, 7) is 6.29. The largest absolute Gasteiger partial charge is 0.312 e. The summed E-state index contributed by atoms with van der Waals surface area (Å²) in [4.78, 5) is 14.2. The Morgan fingerprint density at radius 3 is 2.76 bits per heavy atom. The highest BCUT2D eigenvalue weighted by Crippen LogP contribution is 2.30. The van der Waals surface area contributed by atoms with Gasteiger partial charge >= 0.3 is 0 Å². The predicted octanol–water partition coefficient (Wildman–Crippen LogP) is 2.34. The maximum atomic E-state index is 13.0. The Hall–Kier alpha value is -2.14. The number of hydrogen-bond acceptors (Lipinski definition) is 3. The summed E-state index contributed by atoms with van der Waals surface area (Å²) in [5.41, 5.74) is 5.22. The normalized spacial score (nSPS) is 24.4. The van der Waals surface area contributed by atoms with Crippen LogP contribution in [0.4, 0.5) is 4.39 Å². The van der Waals surface area contributed by atoms with E-state index in [0.717, 1.165) is 11.1 Å². The van der Waals surface area contributed by atoms with Crippen LogP contribution in [0.15, 0.2) is 48.8 Å². The molecule has 21 heavy (non-hydrogen) atoms. The van der Waals surface area contributed by atoms with Crippen molar-refractivity contribution in [3.05, 3.63) is 60.2 Å². The van der Waals surface area contributed by atoms with Crippen LogP contribution in [0.3, 0.4) is 0 Å². The molecule has 4 nitrogen and oxygen atoms in total. The maximum Gasteiger partial charge on any atom is 0.251 e. The zero-order valence-corrected chi connectivity index (χ0v) is 11.9. The molecule has 2 aliphatic heterocycles. The van der Waals surface area contributed by atoms with Gasteiger partial charge in [-0.05, 0) is 31.0 Å². The molecule has 1 fully saturated rings. The Kier molecular flexibility index (Phi) is 3.51. The lowest BCUT2D eigenvalue weighted by atomic mass is 10.0. The van der Waals surface area contributed by atoms with Crippen LogP contribution in [0.25, 0.3) is 0 Å². The molecular weight excluding hydrogens is 269 g/mol. The van der Waals surface area contributed by atoms with Gasteiger partial charge in [0.25, 0.3) is 5.91 Å². The minimum Gasteiger partial charge on any atom is -0.312 e. The van der Waals surface area contributed by atoms with Crippen LogP contribution in [-0.4, -0.2) is 28.4 Å². The Labute approximate surface area is 123 Å². The van der Waals surface area contributed by atoms with Gasteiger partial charge in [0.1, 0.15) is 11.9 Å². The lowest BCUT2D eigenvalue weighted by molar-refractivity contribution is -0.134. The zero-order chi connectivity index (χ0) is 15.0. The minimum atomic E-state index is -0.252. The molecule has 2 atom stereocenters. The van der Waals surface area contributed by atoms with Gasteiger partial charge in [-0.25, -0.2) is 9.82 Å². The van der Waals surface area contributed by atoms with Crippen LogP contribution >= 0.6 is 0 Å². The minimum absolute atomic E-state index is 0.0222. The average Bonchev–Trinajstić information content (AvgIpc) is 2.87. The number of carbonyl (C=O) groups excluding carboxylic acids is 1. The highest BCUT2D eigenvalue weighted by molar-refractivity contribution is 5.84. The molecule has 0 aromatic heterocycles. The first-order valence-corrected chi connectivity index (χ1v) is 6.98. The summed E-state index contributed by atoms with van der Waals surface area (Å²) in [7, 11) is 0. The van der Waals surface area contributed by atoms with Gasteiger partial charge in [-0.3, -0.25) is 4.79 Å². The van der Waals surface area contributed by atoms with Gasteiger partial charge < -0.3 is 9.91 Å². The summed E-state index contributed by atoms with van der Waals surface area (Å²) < 4.78 is 13.0. The molecule has 1 N–H and O–H groups in total. The molecule has 0 bridgehead atoms. The van der Waals surface area contributed by atoms with E-state index in [4.69, 9.17) is 0 Å². The third-order valence-corrected chi connectivity index (χ3v) is 3.79. The van der Waals surface area contributed by atoms with Gasteiger partial charge in [-0.15, -0.1) is 0 Å². The standard InChI is InChI=1S/C16H18FN3O/c1-11(2)10-19-7-8-20-15(16(19)21)9-14(18-20)12-3-5-13(17)6-4-12/h3-8,14-15,18H,1,9-10H2,2H3. The molecule has 2 aliphatic rings. The van der Waals surface area contributed by atoms with Crippen molar-refractivity contribution in [2.24, 2.45) is 0 Å². The number of amides is 1. The number of nitrogens with zero attached hydrogens (tertiary/aromatic N) is 2. The molecule has 0 saturated carbocycles. The van der Waals surface area contributed by atoms with Crippen molar-refractivity contribution in [2.45, 2.75) is 25.4 Å². The lowest BCUT2D eigenvalue weighted by Gasteiger charge is -2.31. The van der Waals surface area contributed by atoms with Crippen LogP contribution in [0.2, 0.25) is 0 Å². The average molecular weight is 287 g/mol. The van der Waals surface area contributed by atoms with Gasteiger partial charge in [0.2, 0.25) is 0 Å². The van der Waals surface area contributed by atoms with E-state index in [1.807, 2.05) is 18.1 Å². The number of carbonyl (C=O) groups is 1. The van der Waals surface area contributed by atoms with E-state index >= 15 is 0 Å². The maximum absolute atomic E-state index is 13.0. The summed E-state index contributed by atoms with van der Waals surface area (Å²) in [6, 6.07) is 6.20. The zero-order valence-electron chi connectivity index (χ0n) is 11.9. The van der Waals surface area contributed by atoms with E-state index in [1.54, 1.807) is 23.2 Å². The Balaban J connectivity index is 1.75. The first-order valence-electron chi connectivity index (χ1n) is 6.98. The summed E-state index contributed by atoms with van der Waals surface area (Å²) >= 11 is 0. The van der Waals surface area contributed by atoms with Gasteiger partial charge in [-0.1, -0.05) is 24.3 Å². The molecule has 1 aromatic carbocycles. The van der Waals surface area contributed by atoms with Crippen LogP contribution in [0.5, 0.6) is 0 Å². The molecule has 0 radical (unpaired) electrons. The molecule has 1 saturated heterocycles. The fraction of sp³-hybridized carbons (Fsp3) is 0.312. The third-order valence-electron chi connectivity index (χ3n) is 3.79. The molecule has 2 heterocycles. The predicted molar refractivity (Wildman–Crippen MR) is 78.2 cm³/mol. The van der Waals surface area contributed by atoms with Gasteiger partial charge in [0.05, 0.1) is 6.04 Å². The fourth-order valence-electron chi connectivity index (χ4n) is 2.77. The van der Waals surface area contributed by atoms with E-state index in [-0.39, 0.29) is 23.8 Å². The molecule has 3 rings (SSSR count). The van der Waals surface area contributed by atoms with E-state index in [2.05, 4.69) is 12.0 Å². The molecule has 5 heteroatoms.